The van der Waals surface area contributed by atoms with E-state index < -0.39 is 0 Å². The van der Waals surface area contributed by atoms with Crippen LogP contribution in [0, 0.1) is 5.92 Å². The Morgan fingerprint density at radius 2 is 2.06 bits per heavy atom. The number of halogens is 1. The van der Waals surface area contributed by atoms with Crippen LogP contribution in [0.5, 0.6) is 0 Å². The van der Waals surface area contributed by atoms with Crippen molar-refractivity contribution in [2.45, 2.75) is 45.1 Å². The lowest BCUT2D eigenvalue weighted by atomic mass is 9.98. The molecule has 2 saturated heterocycles. The third-order valence-corrected chi connectivity index (χ3v) is 3.58. The van der Waals surface area contributed by atoms with Gasteiger partial charge in [0.15, 0.2) is 0 Å². The van der Waals surface area contributed by atoms with Crippen molar-refractivity contribution in [1.29, 1.82) is 0 Å². The van der Waals surface area contributed by atoms with Gasteiger partial charge in [0, 0.05) is 13.1 Å². The molecule has 2 heterocycles. The minimum Gasteiger partial charge on any atom is -0.341 e. The standard InChI is InChI=1S/C12H22N2O.ClH/c1-10-5-4-8-14(9-10)12(15)11-6-2-3-7-13-11;/h10-11,13H,2-9H2,1H3;1H/t10?,11-;/m0./s1. The predicted octanol–water partition coefficient (Wildman–Crippen LogP) is 1.81. The van der Waals surface area contributed by atoms with E-state index >= 15 is 0 Å². The Kier molecular flexibility index (Phi) is 5.56. The number of amides is 1. The lowest BCUT2D eigenvalue weighted by Crippen LogP contribution is -2.51. The van der Waals surface area contributed by atoms with Crippen LogP contribution in [0.2, 0.25) is 0 Å². The van der Waals surface area contributed by atoms with Gasteiger partial charge in [-0.25, -0.2) is 0 Å². The third-order valence-electron chi connectivity index (χ3n) is 3.58. The number of piperidine rings is 2. The molecule has 2 rings (SSSR count). The van der Waals surface area contributed by atoms with Crippen LogP contribution in [0.25, 0.3) is 0 Å². The summed E-state index contributed by atoms with van der Waals surface area (Å²) in [4.78, 5) is 14.2. The molecule has 1 N–H and O–H groups in total. The molecule has 4 heteroatoms. The molecule has 0 bridgehead atoms. The maximum atomic E-state index is 12.2. The quantitative estimate of drug-likeness (QED) is 0.766. The van der Waals surface area contributed by atoms with Crippen LogP contribution in [0.3, 0.4) is 0 Å². The van der Waals surface area contributed by atoms with Gasteiger partial charge < -0.3 is 10.2 Å². The minimum absolute atomic E-state index is 0. The van der Waals surface area contributed by atoms with Crippen LogP contribution in [0.4, 0.5) is 0 Å². The summed E-state index contributed by atoms with van der Waals surface area (Å²) in [5.74, 6) is 1.03. The van der Waals surface area contributed by atoms with E-state index in [1.165, 1.54) is 25.7 Å². The van der Waals surface area contributed by atoms with Gasteiger partial charge >= 0.3 is 0 Å². The molecule has 16 heavy (non-hydrogen) atoms. The maximum absolute atomic E-state index is 12.2. The number of hydrogen-bond donors (Lipinski definition) is 1. The Bertz CT molecular complexity index is 229. The van der Waals surface area contributed by atoms with Gasteiger partial charge in [0.25, 0.3) is 0 Å². The zero-order chi connectivity index (χ0) is 10.7. The van der Waals surface area contributed by atoms with Gasteiger partial charge in [0.1, 0.15) is 0 Å². The number of rotatable bonds is 1. The second-order valence-corrected chi connectivity index (χ2v) is 5.03. The molecular formula is C12H23ClN2O. The SMILES string of the molecule is CC1CCCN(C(=O)[C@@H]2CCCCN2)C1.Cl. The van der Waals surface area contributed by atoms with Crippen LogP contribution < -0.4 is 5.32 Å². The molecule has 0 aromatic heterocycles. The van der Waals surface area contributed by atoms with Crippen LogP contribution in [0.1, 0.15) is 39.0 Å². The summed E-state index contributed by atoms with van der Waals surface area (Å²) in [6.07, 6.45) is 5.91. The molecule has 2 atom stereocenters. The molecule has 1 unspecified atom stereocenters. The van der Waals surface area contributed by atoms with Crippen molar-refractivity contribution in [2.24, 2.45) is 5.92 Å². The molecule has 0 radical (unpaired) electrons. The number of hydrogen-bond acceptors (Lipinski definition) is 2. The van der Waals surface area contributed by atoms with Crippen molar-refractivity contribution in [1.82, 2.24) is 10.2 Å². The third kappa shape index (κ3) is 3.36. The van der Waals surface area contributed by atoms with Gasteiger partial charge in [-0.2, -0.15) is 0 Å². The molecule has 0 saturated carbocycles. The first kappa shape index (κ1) is 13.8. The second-order valence-electron chi connectivity index (χ2n) is 5.03. The number of carbonyl (C=O) groups excluding carboxylic acids is 1. The summed E-state index contributed by atoms with van der Waals surface area (Å²) in [7, 11) is 0. The van der Waals surface area contributed by atoms with Crippen LogP contribution >= 0.6 is 12.4 Å². The topological polar surface area (TPSA) is 32.3 Å². The highest BCUT2D eigenvalue weighted by Gasteiger charge is 2.28. The first-order valence-electron chi connectivity index (χ1n) is 6.29. The highest BCUT2D eigenvalue weighted by Crippen LogP contribution is 2.18. The summed E-state index contributed by atoms with van der Waals surface area (Å²) < 4.78 is 0. The molecule has 2 fully saturated rings. The Labute approximate surface area is 104 Å². The Morgan fingerprint density at radius 1 is 1.25 bits per heavy atom. The van der Waals surface area contributed by atoms with Crippen molar-refractivity contribution < 1.29 is 4.79 Å². The smallest absolute Gasteiger partial charge is 0.239 e. The summed E-state index contributed by atoms with van der Waals surface area (Å²) in [5, 5.41) is 3.34. The van der Waals surface area contributed by atoms with E-state index in [1.807, 2.05) is 0 Å². The second kappa shape index (κ2) is 6.45. The van der Waals surface area contributed by atoms with E-state index in [4.69, 9.17) is 0 Å². The molecular weight excluding hydrogens is 224 g/mol. The Hall–Kier alpha value is -0.280. The zero-order valence-electron chi connectivity index (χ0n) is 10.1. The summed E-state index contributed by atoms with van der Waals surface area (Å²) in [6.45, 7) is 5.20. The molecule has 2 aliphatic heterocycles. The number of carbonyl (C=O) groups is 1. The van der Waals surface area contributed by atoms with Crippen LogP contribution in [-0.4, -0.2) is 36.5 Å². The van der Waals surface area contributed by atoms with Gasteiger partial charge in [0.2, 0.25) is 5.91 Å². The largest absolute Gasteiger partial charge is 0.341 e. The maximum Gasteiger partial charge on any atom is 0.239 e. The molecule has 2 aliphatic rings. The van der Waals surface area contributed by atoms with E-state index in [2.05, 4.69) is 17.1 Å². The molecule has 3 nitrogen and oxygen atoms in total. The highest BCUT2D eigenvalue weighted by atomic mass is 35.5. The van der Waals surface area contributed by atoms with Gasteiger partial charge in [-0.05, 0) is 38.1 Å². The highest BCUT2D eigenvalue weighted by molar-refractivity contribution is 5.85. The summed E-state index contributed by atoms with van der Waals surface area (Å²) in [6, 6.07) is 0.115. The van der Waals surface area contributed by atoms with Crippen molar-refractivity contribution in [2.75, 3.05) is 19.6 Å². The monoisotopic (exact) mass is 246 g/mol. The summed E-state index contributed by atoms with van der Waals surface area (Å²) in [5.41, 5.74) is 0. The fraction of sp³-hybridized carbons (Fsp3) is 0.917. The van der Waals surface area contributed by atoms with Gasteiger partial charge in [-0.3, -0.25) is 4.79 Å². The lowest BCUT2D eigenvalue weighted by molar-refractivity contribution is -0.135. The number of likely N-dealkylation sites (tertiary alicyclic amines) is 1. The van der Waals surface area contributed by atoms with Crippen molar-refractivity contribution in [3.8, 4) is 0 Å². The van der Waals surface area contributed by atoms with Crippen molar-refractivity contribution >= 4 is 18.3 Å². The predicted molar refractivity (Wildman–Crippen MR) is 67.9 cm³/mol. The average molecular weight is 247 g/mol. The van der Waals surface area contributed by atoms with Gasteiger partial charge in [-0.1, -0.05) is 13.3 Å². The van der Waals surface area contributed by atoms with Crippen LogP contribution in [-0.2, 0) is 4.79 Å². The van der Waals surface area contributed by atoms with Crippen molar-refractivity contribution in [3.05, 3.63) is 0 Å². The minimum atomic E-state index is 0. The normalized spacial score (nSPS) is 30.7. The molecule has 0 aromatic carbocycles. The van der Waals surface area contributed by atoms with Gasteiger partial charge in [-0.15, -0.1) is 12.4 Å². The Morgan fingerprint density at radius 3 is 2.69 bits per heavy atom. The fourth-order valence-corrected chi connectivity index (χ4v) is 2.67. The van der Waals surface area contributed by atoms with E-state index in [1.54, 1.807) is 0 Å². The fourth-order valence-electron chi connectivity index (χ4n) is 2.67. The van der Waals surface area contributed by atoms with Crippen LogP contribution in [0.15, 0.2) is 0 Å². The van der Waals surface area contributed by atoms with E-state index in [9.17, 15) is 4.79 Å². The molecule has 1 amide bonds. The molecule has 0 aromatic rings. The summed E-state index contributed by atoms with van der Waals surface area (Å²) >= 11 is 0. The van der Waals surface area contributed by atoms with E-state index in [-0.39, 0.29) is 18.4 Å². The first-order valence-corrected chi connectivity index (χ1v) is 6.29. The first-order chi connectivity index (χ1) is 7.27. The number of nitrogens with zero attached hydrogens (tertiary/aromatic N) is 1. The Balaban J connectivity index is 0.00000128. The van der Waals surface area contributed by atoms with Crippen molar-refractivity contribution in [3.63, 3.8) is 0 Å². The zero-order valence-corrected chi connectivity index (χ0v) is 10.9. The lowest BCUT2D eigenvalue weighted by Gasteiger charge is -2.35. The number of nitrogens with one attached hydrogen (secondary N) is 1. The van der Waals surface area contributed by atoms with E-state index in [0.717, 1.165) is 26.1 Å². The molecule has 94 valence electrons. The average Bonchev–Trinajstić information content (AvgIpc) is 2.29. The van der Waals surface area contributed by atoms with Gasteiger partial charge in [0.05, 0.1) is 6.04 Å². The molecule has 0 spiro atoms. The van der Waals surface area contributed by atoms with E-state index in [0.29, 0.717) is 11.8 Å². The molecule has 0 aliphatic carbocycles.